The number of likely N-dealkylation sites (tertiary alicyclic amines) is 1. The highest BCUT2D eigenvalue weighted by atomic mass is 19.1. The molecule has 1 saturated heterocycles. The summed E-state index contributed by atoms with van der Waals surface area (Å²) in [6.45, 7) is 3.39. The van der Waals surface area contributed by atoms with Gasteiger partial charge in [0, 0.05) is 13.0 Å². The van der Waals surface area contributed by atoms with Crippen molar-refractivity contribution in [3.05, 3.63) is 42.5 Å². The molecule has 5 nitrogen and oxygen atoms in total. The SMILES string of the molecule is C=CCOc1ccccc1C(=O)N1CCC(F)(C(=O)O)C1. The molecule has 0 saturated carbocycles. The van der Waals surface area contributed by atoms with Gasteiger partial charge in [0.05, 0.1) is 12.1 Å². The summed E-state index contributed by atoms with van der Waals surface area (Å²) in [6, 6.07) is 6.59. The van der Waals surface area contributed by atoms with E-state index in [0.29, 0.717) is 5.75 Å². The third-order valence-electron chi connectivity index (χ3n) is 3.36. The van der Waals surface area contributed by atoms with Crippen LogP contribution in [0.3, 0.4) is 0 Å². The van der Waals surface area contributed by atoms with Gasteiger partial charge in [0.15, 0.2) is 0 Å². The number of hydrogen-bond donors (Lipinski definition) is 1. The minimum atomic E-state index is -2.37. The van der Waals surface area contributed by atoms with Crippen molar-refractivity contribution in [3.8, 4) is 5.75 Å². The van der Waals surface area contributed by atoms with E-state index in [1.54, 1.807) is 30.3 Å². The topological polar surface area (TPSA) is 66.8 Å². The van der Waals surface area contributed by atoms with Gasteiger partial charge in [-0.05, 0) is 12.1 Å². The molecule has 0 radical (unpaired) electrons. The minimum Gasteiger partial charge on any atom is -0.489 e. The zero-order valence-corrected chi connectivity index (χ0v) is 11.4. The lowest BCUT2D eigenvalue weighted by Gasteiger charge is -2.19. The number of amides is 1. The Morgan fingerprint density at radius 1 is 1.48 bits per heavy atom. The first-order valence-electron chi connectivity index (χ1n) is 6.52. The van der Waals surface area contributed by atoms with Crippen LogP contribution in [0, 0.1) is 0 Å². The molecule has 6 heteroatoms. The van der Waals surface area contributed by atoms with E-state index in [2.05, 4.69) is 6.58 Å². The number of hydrogen-bond acceptors (Lipinski definition) is 3. The van der Waals surface area contributed by atoms with Crippen LogP contribution in [0.2, 0.25) is 0 Å². The van der Waals surface area contributed by atoms with Crippen LogP contribution in [-0.2, 0) is 4.79 Å². The molecular formula is C15H16FNO4. The molecule has 1 aromatic carbocycles. The number of alkyl halides is 1. The van der Waals surface area contributed by atoms with Crippen molar-refractivity contribution in [2.75, 3.05) is 19.7 Å². The molecule has 1 N–H and O–H groups in total. The fourth-order valence-electron chi connectivity index (χ4n) is 2.21. The highest BCUT2D eigenvalue weighted by Gasteiger charge is 2.47. The van der Waals surface area contributed by atoms with Crippen molar-refractivity contribution in [1.29, 1.82) is 0 Å². The number of aliphatic carboxylic acids is 1. The van der Waals surface area contributed by atoms with Crippen LogP contribution in [0.15, 0.2) is 36.9 Å². The van der Waals surface area contributed by atoms with Gasteiger partial charge in [0.25, 0.3) is 5.91 Å². The van der Waals surface area contributed by atoms with Gasteiger partial charge in [-0.15, -0.1) is 0 Å². The number of carbonyl (C=O) groups excluding carboxylic acids is 1. The Bertz CT molecular complexity index is 575. The molecule has 1 aliphatic rings. The van der Waals surface area contributed by atoms with E-state index in [1.165, 1.54) is 4.90 Å². The van der Waals surface area contributed by atoms with E-state index in [4.69, 9.17) is 9.84 Å². The van der Waals surface area contributed by atoms with E-state index in [-0.39, 0.29) is 25.1 Å². The van der Waals surface area contributed by atoms with E-state index in [1.807, 2.05) is 0 Å². The molecule has 1 aromatic rings. The van der Waals surface area contributed by atoms with Crippen molar-refractivity contribution < 1.29 is 23.8 Å². The normalized spacial score (nSPS) is 21.1. The highest BCUT2D eigenvalue weighted by Crippen LogP contribution is 2.29. The molecule has 1 heterocycles. The van der Waals surface area contributed by atoms with Gasteiger partial charge in [-0.2, -0.15) is 0 Å². The predicted octanol–water partition coefficient (Wildman–Crippen LogP) is 1.89. The largest absolute Gasteiger partial charge is 0.489 e. The third kappa shape index (κ3) is 3.04. The first-order chi connectivity index (χ1) is 9.98. The average Bonchev–Trinajstić information content (AvgIpc) is 2.89. The summed E-state index contributed by atoms with van der Waals surface area (Å²) in [5.74, 6) is -1.60. The maximum Gasteiger partial charge on any atom is 0.343 e. The number of halogens is 1. The monoisotopic (exact) mass is 293 g/mol. The molecule has 0 aromatic heterocycles. The van der Waals surface area contributed by atoms with E-state index < -0.39 is 24.1 Å². The Kier molecular flexibility index (Phi) is 4.26. The Balaban J connectivity index is 2.18. The molecular weight excluding hydrogens is 277 g/mol. The van der Waals surface area contributed by atoms with Crippen LogP contribution in [-0.4, -0.2) is 47.2 Å². The van der Waals surface area contributed by atoms with E-state index in [0.717, 1.165) is 0 Å². The second-order valence-corrected chi connectivity index (χ2v) is 4.84. The maximum atomic E-state index is 14.0. The number of nitrogens with zero attached hydrogens (tertiary/aromatic N) is 1. The van der Waals surface area contributed by atoms with Gasteiger partial charge in [-0.1, -0.05) is 24.8 Å². The lowest BCUT2D eigenvalue weighted by atomic mass is 10.1. The molecule has 1 aliphatic heterocycles. The number of para-hydroxylation sites is 1. The summed E-state index contributed by atoms with van der Waals surface area (Å²) >= 11 is 0. The van der Waals surface area contributed by atoms with Gasteiger partial charge in [-0.25, -0.2) is 9.18 Å². The Morgan fingerprint density at radius 3 is 2.81 bits per heavy atom. The zero-order chi connectivity index (χ0) is 15.5. The highest BCUT2D eigenvalue weighted by molar-refractivity contribution is 5.97. The number of ether oxygens (including phenoxy) is 1. The van der Waals surface area contributed by atoms with Crippen LogP contribution in [0.5, 0.6) is 5.75 Å². The Labute approximate surface area is 121 Å². The Morgan fingerprint density at radius 2 is 2.19 bits per heavy atom. The maximum absolute atomic E-state index is 14.0. The average molecular weight is 293 g/mol. The summed E-state index contributed by atoms with van der Waals surface area (Å²) in [5.41, 5.74) is -2.08. The summed E-state index contributed by atoms with van der Waals surface area (Å²) in [4.78, 5) is 24.5. The molecule has 1 atom stereocenters. The summed E-state index contributed by atoms with van der Waals surface area (Å²) in [7, 11) is 0. The van der Waals surface area contributed by atoms with Gasteiger partial charge in [0.1, 0.15) is 12.4 Å². The minimum absolute atomic E-state index is 0.0669. The Hall–Kier alpha value is -2.37. The molecule has 0 spiro atoms. The van der Waals surface area contributed by atoms with Gasteiger partial charge in [0.2, 0.25) is 5.67 Å². The number of rotatable bonds is 5. The van der Waals surface area contributed by atoms with Gasteiger partial charge < -0.3 is 14.7 Å². The molecule has 1 amide bonds. The molecule has 21 heavy (non-hydrogen) atoms. The quantitative estimate of drug-likeness (QED) is 0.842. The predicted molar refractivity (Wildman–Crippen MR) is 74.1 cm³/mol. The van der Waals surface area contributed by atoms with Crippen LogP contribution in [0.25, 0.3) is 0 Å². The smallest absolute Gasteiger partial charge is 0.343 e. The number of carboxylic acids is 1. The van der Waals surface area contributed by atoms with Crippen LogP contribution >= 0.6 is 0 Å². The fourth-order valence-corrected chi connectivity index (χ4v) is 2.21. The number of carboxylic acid groups (broad SMARTS) is 1. The van der Waals surface area contributed by atoms with Crippen molar-refractivity contribution in [2.24, 2.45) is 0 Å². The van der Waals surface area contributed by atoms with Crippen molar-refractivity contribution in [1.82, 2.24) is 4.90 Å². The number of benzene rings is 1. The van der Waals surface area contributed by atoms with Gasteiger partial charge >= 0.3 is 5.97 Å². The van der Waals surface area contributed by atoms with Crippen LogP contribution < -0.4 is 4.74 Å². The van der Waals surface area contributed by atoms with Crippen LogP contribution in [0.4, 0.5) is 4.39 Å². The van der Waals surface area contributed by atoms with Crippen molar-refractivity contribution >= 4 is 11.9 Å². The fraction of sp³-hybridized carbons (Fsp3) is 0.333. The molecule has 1 unspecified atom stereocenters. The lowest BCUT2D eigenvalue weighted by Crippen LogP contribution is -2.39. The second-order valence-electron chi connectivity index (χ2n) is 4.84. The van der Waals surface area contributed by atoms with Crippen molar-refractivity contribution in [2.45, 2.75) is 12.1 Å². The summed E-state index contributed by atoms with van der Waals surface area (Å²) in [6.07, 6.45) is 1.35. The van der Waals surface area contributed by atoms with Gasteiger partial charge in [-0.3, -0.25) is 4.79 Å². The van der Waals surface area contributed by atoms with Crippen LogP contribution in [0.1, 0.15) is 16.8 Å². The summed E-state index contributed by atoms with van der Waals surface area (Å²) in [5, 5.41) is 8.86. The molecule has 2 rings (SSSR count). The first-order valence-corrected chi connectivity index (χ1v) is 6.52. The second kappa shape index (κ2) is 5.95. The zero-order valence-electron chi connectivity index (χ0n) is 11.4. The molecule has 0 bridgehead atoms. The van der Waals surface area contributed by atoms with Crippen molar-refractivity contribution in [3.63, 3.8) is 0 Å². The van der Waals surface area contributed by atoms with E-state index in [9.17, 15) is 14.0 Å². The summed E-state index contributed by atoms with van der Waals surface area (Å²) < 4.78 is 19.4. The molecule has 112 valence electrons. The molecule has 0 aliphatic carbocycles. The van der Waals surface area contributed by atoms with E-state index >= 15 is 0 Å². The number of carbonyl (C=O) groups is 2. The lowest BCUT2D eigenvalue weighted by molar-refractivity contribution is -0.149. The third-order valence-corrected chi connectivity index (χ3v) is 3.36. The molecule has 1 fully saturated rings. The first kappa shape index (κ1) is 15.0. The standard InChI is InChI=1S/C15H16FNO4/c1-2-9-21-12-6-4-3-5-11(12)13(18)17-8-7-15(16,10-17)14(19)20/h2-6H,1,7-10H2,(H,19,20).